The molecule has 0 spiro atoms. The highest BCUT2D eigenvalue weighted by molar-refractivity contribution is 5.83. The molecule has 0 aliphatic carbocycles. The molecule has 6 heteroatoms. The number of rotatable bonds is 8. The van der Waals surface area contributed by atoms with E-state index in [-0.39, 0.29) is 5.91 Å². The van der Waals surface area contributed by atoms with E-state index in [0.717, 1.165) is 47.7 Å². The van der Waals surface area contributed by atoms with Crippen molar-refractivity contribution in [2.75, 3.05) is 34.4 Å². The summed E-state index contributed by atoms with van der Waals surface area (Å²) in [7, 11) is 5.01. The van der Waals surface area contributed by atoms with Gasteiger partial charge in [-0.3, -0.25) is 14.7 Å². The topological polar surface area (TPSA) is 63.7 Å². The molecule has 3 aromatic rings. The van der Waals surface area contributed by atoms with E-state index in [4.69, 9.17) is 9.47 Å². The Morgan fingerprint density at radius 3 is 2.45 bits per heavy atom. The maximum atomic E-state index is 13.0. The molecule has 2 aromatic carbocycles. The van der Waals surface area contributed by atoms with E-state index in [9.17, 15) is 4.79 Å². The Morgan fingerprint density at radius 1 is 1.03 bits per heavy atom. The number of amides is 1. The van der Waals surface area contributed by atoms with E-state index in [1.165, 1.54) is 5.56 Å². The van der Waals surface area contributed by atoms with Gasteiger partial charge in [-0.05, 0) is 59.8 Å². The highest BCUT2D eigenvalue weighted by Gasteiger charge is 2.44. The summed E-state index contributed by atoms with van der Waals surface area (Å²) in [5, 5.41) is 2.91. The molecule has 2 heterocycles. The lowest BCUT2D eigenvalue weighted by Crippen LogP contribution is -2.43. The number of likely N-dealkylation sites (tertiary alicyclic amines) is 1. The van der Waals surface area contributed by atoms with Gasteiger partial charge in [-0.1, -0.05) is 36.4 Å². The zero-order valence-corrected chi connectivity index (χ0v) is 19.5. The fraction of sp³-hybridized carbons (Fsp3) is 0.333. The number of carbonyl (C=O) groups excluding carboxylic acids is 1. The summed E-state index contributed by atoms with van der Waals surface area (Å²) in [6.07, 6.45) is 5.18. The molecule has 4 rings (SSSR count). The van der Waals surface area contributed by atoms with Crippen molar-refractivity contribution in [2.45, 2.75) is 19.4 Å². The fourth-order valence-corrected chi connectivity index (χ4v) is 4.74. The zero-order chi connectivity index (χ0) is 23.3. The first-order valence-corrected chi connectivity index (χ1v) is 11.2. The second-order valence-electron chi connectivity index (χ2n) is 8.62. The average Bonchev–Trinajstić information content (AvgIpc) is 3.27. The van der Waals surface area contributed by atoms with E-state index >= 15 is 0 Å². The van der Waals surface area contributed by atoms with Crippen molar-refractivity contribution in [3.63, 3.8) is 0 Å². The van der Waals surface area contributed by atoms with Gasteiger partial charge in [0.05, 0.1) is 19.6 Å². The second kappa shape index (κ2) is 10.0. The summed E-state index contributed by atoms with van der Waals surface area (Å²) in [6.45, 7) is 2.35. The standard InChI is InChI=1S/C27H31N3O3/c1-28-26(31)27(16-20-6-9-22(10-7-20)23-5-4-13-29-17-23)12-14-30(19-27)18-21-8-11-24(32-2)25(15-21)33-3/h4-11,13,15,17H,12,14,16,18-19H2,1-3H3,(H,28,31). The van der Waals surface area contributed by atoms with Crippen LogP contribution in [0.4, 0.5) is 0 Å². The molecule has 172 valence electrons. The first kappa shape index (κ1) is 22.8. The van der Waals surface area contributed by atoms with Gasteiger partial charge in [0.15, 0.2) is 11.5 Å². The van der Waals surface area contributed by atoms with Crippen molar-refractivity contribution in [2.24, 2.45) is 5.41 Å². The molecule has 1 atom stereocenters. The molecule has 1 fully saturated rings. The quantitative estimate of drug-likeness (QED) is 0.569. The Hall–Kier alpha value is -3.38. The maximum absolute atomic E-state index is 13.0. The molecule has 0 saturated carbocycles. The van der Waals surface area contributed by atoms with Crippen LogP contribution in [0.25, 0.3) is 11.1 Å². The number of hydrogen-bond acceptors (Lipinski definition) is 5. The lowest BCUT2D eigenvalue weighted by atomic mass is 9.79. The number of carbonyl (C=O) groups is 1. The fourth-order valence-electron chi connectivity index (χ4n) is 4.74. The van der Waals surface area contributed by atoms with Crippen molar-refractivity contribution < 1.29 is 14.3 Å². The molecule has 1 aromatic heterocycles. The average molecular weight is 446 g/mol. The van der Waals surface area contributed by atoms with Crippen LogP contribution in [0, 0.1) is 5.41 Å². The largest absolute Gasteiger partial charge is 0.493 e. The number of benzene rings is 2. The second-order valence-corrected chi connectivity index (χ2v) is 8.62. The molecule has 33 heavy (non-hydrogen) atoms. The van der Waals surface area contributed by atoms with Crippen LogP contribution in [0.1, 0.15) is 17.5 Å². The van der Waals surface area contributed by atoms with Crippen molar-refractivity contribution in [1.29, 1.82) is 0 Å². The van der Waals surface area contributed by atoms with Crippen molar-refractivity contribution in [1.82, 2.24) is 15.2 Å². The van der Waals surface area contributed by atoms with Crippen LogP contribution < -0.4 is 14.8 Å². The van der Waals surface area contributed by atoms with Gasteiger partial charge in [0.2, 0.25) is 5.91 Å². The van der Waals surface area contributed by atoms with Crippen LogP contribution in [0.2, 0.25) is 0 Å². The van der Waals surface area contributed by atoms with Gasteiger partial charge in [-0.15, -0.1) is 0 Å². The van der Waals surface area contributed by atoms with Crippen LogP contribution in [-0.4, -0.2) is 50.1 Å². The van der Waals surface area contributed by atoms with Crippen LogP contribution >= 0.6 is 0 Å². The van der Waals surface area contributed by atoms with E-state index in [2.05, 4.69) is 51.6 Å². The van der Waals surface area contributed by atoms with Crippen LogP contribution in [0.5, 0.6) is 11.5 Å². The van der Waals surface area contributed by atoms with E-state index in [1.54, 1.807) is 27.5 Å². The smallest absolute Gasteiger partial charge is 0.227 e. The Labute approximate surface area is 195 Å². The SMILES string of the molecule is CNC(=O)C1(Cc2ccc(-c3cccnc3)cc2)CCN(Cc2ccc(OC)c(OC)c2)C1. The minimum atomic E-state index is -0.443. The molecule has 1 aliphatic heterocycles. The lowest BCUT2D eigenvalue weighted by Gasteiger charge is -2.28. The maximum Gasteiger partial charge on any atom is 0.227 e. The van der Waals surface area contributed by atoms with Gasteiger partial charge in [-0.25, -0.2) is 0 Å². The van der Waals surface area contributed by atoms with E-state index in [0.29, 0.717) is 13.0 Å². The van der Waals surface area contributed by atoms with Crippen LogP contribution in [0.15, 0.2) is 67.0 Å². The molecule has 0 radical (unpaired) electrons. The zero-order valence-electron chi connectivity index (χ0n) is 19.5. The lowest BCUT2D eigenvalue weighted by molar-refractivity contribution is -0.130. The van der Waals surface area contributed by atoms with Gasteiger partial charge in [0.1, 0.15) is 0 Å². The Bertz CT molecular complexity index is 1090. The molecule has 1 amide bonds. The minimum absolute atomic E-state index is 0.105. The van der Waals surface area contributed by atoms with Gasteiger partial charge >= 0.3 is 0 Å². The highest BCUT2D eigenvalue weighted by atomic mass is 16.5. The summed E-state index contributed by atoms with van der Waals surface area (Å²) in [4.78, 5) is 19.6. The molecule has 1 saturated heterocycles. The number of pyridine rings is 1. The third-order valence-corrected chi connectivity index (χ3v) is 6.49. The molecular weight excluding hydrogens is 414 g/mol. The number of nitrogens with one attached hydrogen (secondary N) is 1. The number of methoxy groups -OCH3 is 2. The normalized spacial score (nSPS) is 18.2. The molecule has 1 N–H and O–H groups in total. The predicted molar refractivity (Wildman–Crippen MR) is 129 cm³/mol. The van der Waals surface area contributed by atoms with Gasteiger partial charge in [0.25, 0.3) is 0 Å². The first-order valence-electron chi connectivity index (χ1n) is 11.2. The number of hydrogen-bond donors (Lipinski definition) is 1. The Morgan fingerprint density at radius 2 is 1.79 bits per heavy atom. The Kier molecular flexibility index (Phi) is 6.94. The summed E-state index contributed by atoms with van der Waals surface area (Å²) in [5.74, 6) is 1.55. The number of aromatic nitrogens is 1. The summed E-state index contributed by atoms with van der Waals surface area (Å²) < 4.78 is 10.8. The van der Waals surface area contributed by atoms with E-state index in [1.807, 2.05) is 24.4 Å². The summed E-state index contributed by atoms with van der Waals surface area (Å²) in [6, 6.07) is 18.5. The van der Waals surface area contributed by atoms with Crippen molar-refractivity contribution in [3.8, 4) is 22.6 Å². The molecule has 6 nitrogen and oxygen atoms in total. The third kappa shape index (κ3) is 5.01. The molecule has 1 aliphatic rings. The van der Waals surface area contributed by atoms with Crippen molar-refractivity contribution in [3.05, 3.63) is 78.1 Å². The van der Waals surface area contributed by atoms with Crippen LogP contribution in [0.3, 0.4) is 0 Å². The first-order chi connectivity index (χ1) is 16.1. The van der Waals surface area contributed by atoms with E-state index < -0.39 is 5.41 Å². The summed E-state index contributed by atoms with van der Waals surface area (Å²) in [5.41, 5.74) is 4.08. The van der Waals surface area contributed by atoms with Gasteiger partial charge in [0, 0.05) is 32.5 Å². The summed E-state index contributed by atoms with van der Waals surface area (Å²) >= 11 is 0. The molecule has 0 bridgehead atoms. The number of ether oxygens (including phenoxy) is 2. The molecular formula is C27H31N3O3. The van der Waals surface area contributed by atoms with Gasteiger partial charge < -0.3 is 14.8 Å². The molecule has 1 unspecified atom stereocenters. The highest BCUT2D eigenvalue weighted by Crippen LogP contribution is 2.36. The minimum Gasteiger partial charge on any atom is -0.493 e. The Balaban J connectivity index is 1.49. The predicted octanol–water partition coefficient (Wildman–Crippen LogP) is 3.95. The third-order valence-electron chi connectivity index (χ3n) is 6.49. The number of nitrogens with zero attached hydrogens (tertiary/aromatic N) is 2. The monoisotopic (exact) mass is 445 g/mol. The van der Waals surface area contributed by atoms with Crippen molar-refractivity contribution >= 4 is 5.91 Å². The van der Waals surface area contributed by atoms with Gasteiger partial charge in [-0.2, -0.15) is 0 Å². The van der Waals surface area contributed by atoms with Crippen LogP contribution in [-0.2, 0) is 17.8 Å².